The summed E-state index contributed by atoms with van der Waals surface area (Å²) in [6.45, 7) is 8.45. The average Bonchev–Trinajstić information content (AvgIpc) is 2.59. The molecule has 104 valence electrons. The van der Waals surface area contributed by atoms with Gasteiger partial charge in [-0.3, -0.25) is 9.48 Å². The average molecular weight is 263 g/mol. The highest BCUT2D eigenvalue weighted by Gasteiger charge is 2.20. The van der Waals surface area contributed by atoms with Crippen LogP contribution in [0, 0.1) is 18.3 Å². The maximum atomic E-state index is 11.8. The zero-order valence-corrected chi connectivity index (χ0v) is 12.2. The van der Waals surface area contributed by atoms with Gasteiger partial charge in [0.2, 0.25) is 5.91 Å². The topological polar surface area (TPSA) is 74.0 Å². The lowest BCUT2D eigenvalue weighted by Crippen LogP contribution is -2.41. The number of carbonyl (C=O) groups excluding carboxylic acids is 1. The van der Waals surface area contributed by atoms with Gasteiger partial charge in [-0.25, -0.2) is 0 Å². The third-order valence-electron chi connectivity index (χ3n) is 2.77. The summed E-state index contributed by atoms with van der Waals surface area (Å²) in [7, 11) is 1.78. The summed E-state index contributed by atoms with van der Waals surface area (Å²) in [5, 5.41) is 16.3. The number of nitrogens with one attached hydrogen (secondary N) is 1. The molecule has 0 aromatic carbocycles. The van der Waals surface area contributed by atoms with Crippen molar-refractivity contribution >= 4 is 11.7 Å². The predicted molar refractivity (Wildman–Crippen MR) is 73.8 cm³/mol. The molecule has 0 aliphatic carbocycles. The van der Waals surface area contributed by atoms with Gasteiger partial charge >= 0.3 is 0 Å². The lowest BCUT2D eigenvalue weighted by atomic mass is 10.2. The lowest BCUT2D eigenvalue weighted by molar-refractivity contribution is -0.120. The molecular weight excluding hydrogens is 242 g/mol. The second-order valence-corrected chi connectivity index (χ2v) is 4.76. The molecule has 0 bridgehead atoms. The minimum Gasteiger partial charge on any atom is -0.352 e. The van der Waals surface area contributed by atoms with Gasteiger partial charge in [0.1, 0.15) is 17.5 Å². The lowest BCUT2D eigenvalue weighted by Gasteiger charge is -2.23. The van der Waals surface area contributed by atoms with Gasteiger partial charge in [-0.05, 0) is 27.7 Å². The Labute approximate surface area is 114 Å². The van der Waals surface area contributed by atoms with Crippen LogP contribution in [0.2, 0.25) is 0 Å². The number of carbonyl (C=O) groups is 1. The standard InChI is InChI=1S/C13H21N5O/c1-6-18(8-12(19)15-9(2)3)13-11(7-14)10(4)16-17(13)5/h9H,6,8H2,1-5H3,(H,15,19). The monoisotopic (exact) mass is 263 g/mol. The summed E-state index contributed by atoms with van der Waals surface area (Å²) in [5.74, 6) is 0.640. The highest BCUT2D eigenvalue weighted by atomic mass is 16.2. The molecule has 1 amide bonds. The van der Waals surface area contributed by atoms with E-state index >= 15 is 0 Å². The molecule has 0 saturated heterocycles. The van der Waals surface area contributed by atoms with Crippen molar-refractivity contribution in [3.8, 4) is 6.07 Å². The number of aryl methyl sites for hydroxylation is 2. The van der Waals surface area contributed by atoms with E-state index in [9.17, 15) is 10.1 Å². The second kappa shape index (κ2) is 6.23. The SMILES string of the molecule is CCN(CC(=O)NC(C)C)c1c(C#N)c(C)nn1C. The fourth-order valence-electron chi connectivity index (χ4n) is 2.02. The smallest absolute Gasteiger partial charge is 0.239 e. The van der Waals surface area contributed by atoms with Gasteiger partial charge in [0.05, 0.1) is 12.2 Å². The molecule has 0 aliphatic rings. The van der Waals surface area contributed by atoms with Crippen LogP contribution in [0.15, 0.2) is 0 Å². The minimum absolute atomic E-state index is 0.0559. The zero-order valence-electron chi connectivity index (χ0n) is 12.2. The molecular formula is C13H21N5O. The van der Waals surface area contributed by atoms with Crippen molar-refractivity contribution < 1.29 is 4.79 Å². The molecule has 1 N–H and O–H groups in total. The Hall–Kier alpha value is -2.03. The van der Waals surface area contributed by atoms with E-state index in [1.807, 2.05) is 25.7 Å². The fourth-order valence-corrected chi connectivity index (χ4v) is 2.02. The van der Waals surface area contributed by atoms with Gasteiger partial charge in [-0.1, -0.05) is 0 Å². The minimum atomic E-state index is -0.0559. The number of hydrogen-bond donors (Lipinski definition) is 1. The molecule has 0 spiro atoms. The third kappa shape index (κ3) is 3.47. The van der Waals surface area contributed by atoms with Crippen molar-refractivity contribution in [2.24, 2.45) is 7.05 Å². The van der Waals surface area contributed by atoms with E-state index in [-0.39, 0.29) is 18.5 Å². The Morgan fingerprint density at radius 1 is 1.58 bits per heavy atom. The normalized spacial score (nSPS) is 10.4. The van der Waals surface area contributed by atoms with Crippen molar-refractivity contribution in [2.75, 3.05) is 18.0 Å². The fraction of sp³-hybridized carbons (Fsp3) is 0.615. The molecule has 1 rings (SSSR count). The van der Waals surface area contributed by atoms with Crippen molar-refractivity contribution in [2.45, 2.75) is 33.7 Å². The third-order valence-corrected chi connectivity index (χ3v) is 2.77. The molecule has 0 atom stereocenters. The number of aromatic nitrogens is 2. The zero-order chi connectivity index (χ0) is 14.6. The molecule has 6 heteroatoms. The van der Waals surface area contributed by atoms with Crippen molar-refractivity contribution in [1.82, 2.24) is 15.1 Å². The number of amides is 1. The van der Waals surface area contributed by atoms with Gasteiger partial charge in [0.15, 0.2) is 0 Å². The second-order valence-electron chi connectivity index (χ2n) is 4.76. The first-order valence-corrected chi connectivity index (χ1v) is 6.38. The van der Waals surface area contributed by atoms with Crippen LogP contribution < -0.4 is 10.2 Å². The highest BCUT2D eigenvalue weighted by Crippen LogP contribution is 2.21. The Kier molecular flexibility index (Phi) is 4.93. The van der Waals surface area contributed by atoms with Gasteiger partial charge in [0.25, 0.3) is 0 Å². The number of nitriles is 1. The van der Waals surface area contributed by atoms with Gasteiger partial charge in [-0.2, -0.15) is 10.4 Å². The maximum Gasteiger partial charge on any atom is 0.239 e. The van der Waals surface area contributed by atoms with E-state index in [1.54, 1.807) is 18.7 Å². The Morgan fingerprint density at radius 3 is 2.68 bits per heavy atom. The number of hydrogen-bond acceptors (Lipinski definition) is 4. The van der Waals surface area contributed by atoms with Crippen LogP contribution in [0.1, 0.15) is 32.0 Å². The van der Waals surface area contributed by atoms with Crippen molar-refractivity contribution in [1.29, 1.82) is 5.26 Å². The van der Waals surface area contributed by atoms with Crippen LogP contribution in [0.3, 0.4) is 0 Å². The van der Waals surface area contributed by atoms with Gasteiger partial charge in [-0.15, -0.1) is 0 Å². The first-order chi connectivity index (χ1) is 8.90. The molecule has 0 unspecified atom stereocenters. The van der Waals surface area contributed by atoms with Crippen molar-refractivity contribution in [3.05, 3.63) is 11.3 Å². The van der Waals surface area contributed by atoms with Crippen LogP contribution in [-0.4, -0.2) is 34.8 Å². The molecule has 0 aliphatic heterocycles. The highest BCUT2D eigenvalue weighted by molar-refractivity contribution is 5.81. The van der Waals surface area contributed by atoms with E-state index < -0.39 is 0 Å². The Morgan fingerprint density at radius 2 is 2.21 bits per heavy atom. The number of rotatable bonds is 5. The van der Waals surface area contributed by atoms with Crippen molar-refractivity contribution in [3.63, 3.8) is 0 Å². The van der Waals surface area contributed by atoms with E-state index in [0.717, 1.165) is 0 Å². The van der Waals surface area contributed by atoms with E-state index in [2.05, 4.69) is 16.5 Å². The quantitative estimate of drug-likeness (QED) is 0.858. The van der Waals surface area contributed by atoms with Crippen LogP contribution in [0.4, 0.5) is 5.82 Å². The molecule has 1 aromatic rings. The number of nitrogens with zero attached hydrogens (tertiary/aromatic N) is 4. The van der Waals surface area contributed by atoms with E-state index in [1.165, 1.54) is 0 Å². The first kappa shape index (κ1) is 15.0. The summed E-state index contributed by atoms with van der Waals surface area (Å²) in [5.41, 5.74) is 1.21. The molecule has 19 heavy (non-hydrogen) atoms. The number of likely N-dealkylation sites (N-methyl/N-ethyl adjacent to an activating group) is 1. The predicted octanol–water partition coefficient (Wildman–Crippen LogP) is 0.951. The molecule has 0 saturated carbocycles. The van der Waals surface area contributed by atoms with Crippen LogP contribution in [0.5, 0.6) is 0 Å². The summed E-state index contributed by atoms with van der Waals surface area (Å²) in [6.07, 6.45) is 0. The Balaban J connectivity index is 2.98. The largest absolute Gasteiger partial charge is 0.352 e. The molecule has 1 aromatic heterocycles. The van der Waals surface area contributed by atoms with E-state index in [0.29, 0.717) is 23.6 Å². The molecule has 1 heterocycles. The van der Waals surface area contributed by atoms with E-state index in [4.69, 9.17) is 0 Å². The van der Waals surface area contributed by atoms with Gasteiger partial charge < -0.3 is 10.2 Å². The summed E-state index contributed by atoms with van der Waals surface area (Å²) in [4.78, 5) is 13.7. The molecule has 0 radical (unpaired) electrons. The molecule has 0 fully saturated rings. The van der Waals surface area contributed by atoms with Gasteiger partial charge in [0, 0.05) is 19.6 Å². The van der Waals surface area contributed by atoms with Crippen LogP contribution >= 0.6 is 0 Å². The maximum absolute atomic E-state index is 11.8. The summed E-state index contributed by atoms with van der Waals surface area (Å²) in [6, 6.07) is 2.26. The molecule has 6 nitrogen and oxygen atoms in total. The number of anilines is 1. The van der Waals surface area contributed by atoms with Crippen LogP contribution in [0.25, 0.3) is 0 Å². The first-order valence-electron chi connectivity index (χ1n) is 6.38. The summed E-state index contributed by atoms with van der Waals surface area (Å²) >= 11 is 0. The van der Waals surface area contributed by atoms with Crippen LogP contribution in [-0.2, 0) is 11.8 Å². The Bertz CT molecular complexity index is 498. The summed E-state index contributed by atoms with van der Waals surface area (Å²) < 4.78 is 1.65.